The molecule has 1 atom stereocenters. The second kappa shape index (κ2) is 7.12. The Balaban J connectivity index is 0.000000194. The van der Waals surface area contributed by atoms with Gasteiger partial charge in [-0.25, -0.2) is 18.6 Å². The molecule has 4 nitrogen and oxygen atoms in total. The van der Waals surface area contributed by atoms with Crippen LogP contribution in [-0.2, 0) is 4.74 Å². The number of amides is 1. The van der Waals surface area contributed by atoms with Crippen LogP contribution in [0.2, 0.25) is 0 Å². The summed E-state index contributed by atoms with van der Waals surface area (Å²) in [5.41, 5.74) is 0.373. The summed E-state index contributed by atoms with van der Waals surface area (Å²) in [6.07, 6.45) is 0.575. The van der Waals surface area contributed by atoms with Gasteiger partial charge in [0.2, 0.25) is 0 Å². The number of nitrogens with one attached hydrogen (secondary N) is 1. The smallest absolute Gasteiger partial charge is 0.407 e. The number of rotatable bonds is 1. The first-order valence-corrected chi connectivity index (χ1v) is 6.80. The second-order valence-electron chi connectivity index (χ2n) is 4.12. The fraction of sp³-hybridized carbons (Fsp3) is 0.143. The maximum Gasteiger partial charge on any atom is 0.407 e. The minimum Gasteiger partial charge on any atom is -0.447 e. The highest BCUT2D eigenvalue weighted by atomic mass is 79.9. The van der Waals surface area contributed by atoms with Gasteiger partial charge in [0.15, 0.2) is 0 Å². The Morgan fingerprint density at radius 2 is 2.00 bits per heavy atom. The molecule has 7 heteroatoms. The van der Waals surface area contributed by atoms with Crippen LogP contribution in [0.4, 0.5) is 13.6 Å². The average Bonchev–Trinajstić information content (AvgIpc) is 2.89. The van der Waals surface area contributed by atoms with Crippen LogP contribution in [-0.4, -0.2) is 17.7 Å². The van der Waals surface area contributed by atoms with Crippen molar-refractivity contribution in [2.75, 3.05) is 6.61 Å². The molecule has 0 radical (unpaired) electrons. The number of aromatic nitrogens is 1. The third-order valence-electron chi connectivity index (χ3n) is 2.63. The maximum absolute atomic E-state index is 13.3. The van der Waals surface area contributed by atoms with Crippen molar-refractivity contribution in [2.24, 2.45) is 0 Å². The van der Waals surface area contributed by atoms with E-state index < -0.39 is 18.0 Å². The van der Waals surface area contributed by atoms with Gasteiger partial charge in [-0.05, 0) is 34.1 Å². The Labute approximate surface area is 128 Å². The number of nitrogens with zero attached hydrogens (tertiary/aromatic N) is 1. The first kappa shape index (κ1) is 15.4. The zero-order valence-corrected chi connectivity index (χ0v) is 12.3. The average molecular weight is 357 g/mol. The maximum atomic E-state index is 13.3. The molecule has 0 aliphatic carbocycles. The van der Waals surface area contributed by atoms with Crippen LogP contribution >= 0.6 is 15.9 Å². The highest BCUT2D eigenvalue weighted by Crippen LogP contribution is 2.22. The van der Waals surface area contributed by atoms with Gasteiger partial charge in [0.25, 0.3) is 0 Å². The molecule has 2 heterocycles. The Morgan fingerprint density at radius 1 is 1.29 bits per heavy atom. The van der Waals surface area contributed by atoms with Crippen molar-refractivity contribution >= 4 is 22.0 Å². The van der Waals surface area contributed by atoms with Gasteiger partial charge in [-0.3, -0.25) is 0 Å². The molecule has 0 bridgehead atoms. The van der Waals surface area contributed by atoms with Crippen molar-refractivity contribution in [1.82, 2.24) is 10.3 Å². The molecule has 21 heavy (non-hydrogen) atoms. The molecule has 1 aromatic heterocycles. The van der Waals surface area contributed by atoms with E-state index >= 15 is 0 Å². The van der Waals surface area contributed by atoms with E-state index in [4.69, 9.17) is 0 Å². The standard InChI is InChI=1S/C8H6BrFN2O2.C6H5F/c9-7-1-4(5(10)2-11-7)6-3-14-8(13)12-6;7-6-4-2-1-3-5-6/h1-2,6H,3H2,(H,12,13);1-5H. The van der Waals surface area contributed by atoms with Crippen LogP contribution in [0.15, 0.2) is 47.2 Å². The van der Waals surface area contributed by atoms with Gasteiger partial charge in [0, 0.05) is 5.56 Å². The molecule has 1 fully saturated rings. The predicted octanol–water partition coefficient (Wildman–Crippen LogP) is 3.59. The van der Waals surface area contributed by atoms with Crippen molar-refractivity contribution < 1.29 is 18.3 Å². The predicted molar refractivity (Wildman–Crippen MR) is 75.5 cm³/mol. The summed E-state index contributed by atoms with van der Waals surface area (Å²) >= 11 is 3.13. The van der Waals surface area contributed by atoms with Gasteiger partial charge in [-0.1, -0.05) is 18.2 Å². The second-order valence-corrected chi connectivity index (χ2v) is 4.93. The van der Waals surface area contributed by atoms with Gasteiger partial charge in [-0.15, -0.1) is 0 Å². The molecular formula is C14H11BrF2N2O2. The molecule has 0 spiro atoms. The highest BCUT2D eigenvalue weighted by Gasteiger charge is 2.26. The van der Waals surface area contributed by atoms with Crippen LogP contribution in [0.25, 0.3) is 0 Å². The molecule has 1 aromatic carbocycles. The van der Waals surface area contributed by atoms with Crippen LogP contribution < -0.4 is 5.32 Å². The lowest BCUT2D eigenvalue weighted by atomic mass is 10.1. The van der Waals surface area contributed by atoms with E-state index in [9.17, 15) is 13.6 Å². The number of benzene rings is 1. The number of carbonyl (C=O) groups is 1. The zero-order valence-electron chi connectivity index (χ0n) is 10.7. The topological polar surface area (TPSA) is 51.2 Å². The number of carbonyl (C=O) groups excluding carboxylic acids is 1. The van der Waals surface area contributed by atoms with Gasteiger partial charge >= 0.3 is 6.09 Å². The molecule has 1 unspecified atom stereocenters. The monoisotopic (exact) mass is 356 g/mol. The van der Waals surface area contributed by atoms with Gasteiger partial charge < -0.3 is 10.1 Å². The summed E-state index contributed by atoms with van der Waals surface area (Å²) in [6.45, 7) is 0.145. The highest BCUT2D eigenvalue weighted by molar-refractivity contribution is 9.10. The van der Waals surface area contributed by atoms with E-state index in [1.807, 2.05) is 0 Å². The molecule has 1 aliphatic rings. The number of pyridine rings is 1. The molecule has 0 saturated carbocycles. The van der Waals surface area contributed by atoms with Crippen LogP contribution in [0.5, 0.6) is 0 Å². The number of ether oxygens (including phenoxy) is 1. The molecule has 1 aliphatic heterocycles. The summed E-state index contributed by atoms with van der Waals surface area (Å²) in [7, 11) is 0. The van der Waals surface area contributed by atoms with Gasteiger partial charge in [0.1, 0.15) is 22.8 Å². The summed E-state index contributed by atoms with van der Waals surface area (Å²) in [5, 5.41) is 2.49. The van der Waals surface area contributed by atoms with Crippen molar-refractivity contribution in [1.29, 1.82) is 0 Å². The van der Waals surface area contributed by atoms with E-state index in [0.29, 0.717) is 10.2 Å². The van der Waals surface area contributed by atoms with E-state index in [1.165, 1.54) is 18.2 Å². The molecule has 3 rings (SSSR count). The number of hydrogen-bond acceptors (Lipinski definition) is 3. The molecule has 1 amide bonds. The SMILES string of the molecule is Fc1ccccc1.O=C1NC(c2cc(Br)ncc2F)CO1. The fourth-order valence-electron chi connectivity index (χ4n) is 1.66. The Morgan fingerprint density at radius 3 is 2.52 bits per heavy atom. The van der Waals surface area contributed by atoms with Crippen molar-refractivity contribution in [2.45, 2.75) is 6.04 Å². The van der Waals surface area contributed by atoms with E-state index in [2.05, 4.69) is 31.0 Å². The Kier molecular flexibility index (Phi) is 5.21. The van der Waals surface area contributed by atoms with Gasteiger partial charge in [-0.2, -0.15) is 0 Å². The number of cyclic esters (lactones) is 1. The quantitative estimate of drug-likeness (QED) is 0.794. The van der Waals surface area contributed by atoms with E-state index in [-0.39, 0.29) is 12.4 Å². The summed E-state index contributed by atoms with van der Waals surface area (Å²) in [5.74, 6) is -0.633. The van der Waals surface area contributed by atoms with E-state index in [0.717, 1.165) is 6.20 Å². The third-order valence-corrected chi connectivity index (χ3v) is 3.07. The summed E-state index contributed by atoms with van der Waals surface area (Å²) < 4.78 is 30.4. The molecule has 1 N–H and O–H groups in total. The molecule has 110 valence electrons. The minimum atomic E-state index is -0.526. The lowest BCUT2D eigenvalue weighted by Gasteiger charge is -2.08. The van der Waals surface area contributed by atoms with Crippen LogP contribution in [0.1, 0.15) is 11.6 Å². The summed E-state index contributed by atoms with van der Waals surface area (Å²) in [4.78, 5) is 14.5. The zero-order chi connectivity index (χ0) is 15.2. The van der Waals surface area contributed by atoms with Crippen molar-refractivity contribution in [3.05, 3.63) is 64.4 Å². The Bertz CT molecular complexity index is 626. The van der Waals surface area contributed by atoms with Crippen molar-refractivity contribution in [3.63, 3.8) is 0 Å². The van der Waals surface area contributed by atoms with Gasteiger partial charge in [0.05, 0.1) is 12.2 Å². The van der Waals surface area contributed by atoms with Crippen LogP contribution in [0.3, 0.4) is 0 Å². The van der Waals surface area contributed by atoms with E-state index in [1.54, 1.807) is 18.2 Å². The summed E-state index contributed by atoms with van der Waals surface area (Å²) in [6, 6.07) is 9.03. The number of hydrogen-bond donors (Lipinski definition) is 1. The number of alkyl carbamates (subject to hydrolysis) is 1. The molecule has 1 saturated heterocycles. The lowest BCUT2D eigenvalue weighted by molar-refractivity contribution is 0.176. The largest absolute Gasteiger partial charge is 0.447 e. The fourth-order valence-corrected chi connectivity index (χ4v) is 2.01. The Hall–Kier alpha value is -2.02. The third kappa shape index (κ3) is 4.49. The molecular weight excluding hydrogens is 346 g/mol. The first-order valence-electron chi connectivity index (χ1n) is 6.01. The minimum absolute atomic E-state index is 0.145. The number of halogens is 3. The normalized spacial score (nSPS) is 16.5. The molecule has 2 aromatic rings. The lowest BCUT2D eigenvalue weighted by Crippen LogP contribution is -2.19. The van der Waals surface area contributed by atoms with Crippen molar-refractivity contribution in [3.8, 4) is 0 Å². The van der Waals surface area contributed by atoms with Crippen LogP contribution in [0, 0.1) is 11.6 Å². The first-order chi connectivity index (χ1) is 10.1.